The smallest absolute Gasteiger partial charge is 0.310 e. The topological polar surface area (TPSA) is 91.8 Å². The summed E-state index contributed by atoms with van der Waals surface area (Å²) in [5, 5.41) is 0. The molecule has 2 aliphatic heterocycles. The number of carbonyl (C=O) groups is 2. The first-order valence-corrected chi connectivity index (χ1v) is 13.2. The molecule has 12 heteroatoms. The maximum Gasteiger partial charge on any atom is 0.310 e. The summed E-state index contributed by atoms with van der Waals surface area (Å²) in [6, 6.07) is 5.54. The number of anilines is 3. The molecule has 0 atom stereocenters. The molecule has 0 spiro atoms. The van der Waals surface area contributed by atoms with Gasteiger partial charge in [0.25, 0.3) is 5.91 Å². The first kappa shape index (κ1) is 28.3. The second-order valence-corrected chi connectivity index (χ2v) is 11.6. The maximum absolute atomic E-state index is 14.0. The van der Waals surface area contributed by atoms with Crippen LogP contribution in [-0.4, -0.2) is 70.6 Å². The van der Waals surface area contributed by atoms with Crippen LogP contribution in [0.15, 0.2) is 36.7 Å². The minimum atomic E-state index is -1.53. The lowest BCUT2D eigenvalue weighted by Crippen LogP contribution is -2.61. The minimum absolute atomic E-state index is 0.116. The maximum atomic E-state index is 14.0. The van der Waals surface area contributed by atoms with Crippen molar-refractivity contribution in [1.82, 2.24) is 19.9 Å². The van der Waals surface area contributed by atoms with E-state index >= 15 is 0 Å². The summed E-state index contributed by atoms with van der Waals surface area (Å²) in [5.41, 5.74) is 0.376. The van der Waals surface area contributed by atoms with Crippen molar-refractivity contribution in [2.24, 2.45) is 0 Å². The van der Waals surface area contributed by atoms with Crippen LogP contribution in [0.4, 0.5) is 30.5 Å². The molecule has 41 heavy (non-hydrogen) atoms. The third-order valence-electron chi connectivity index (χ3n) is 7.56. The van der Waals surface area contributed by atoms with Crippen molar-refractivity contribution in [2.45, 2.75) is 45.1 Å². The van der Waals surface area contributed by atoms with Crippen molar-refractivity contribution in [2.75, 3.05) is 43.1 Å². The van der Waals surface area contributed by atoms with E-state index in [4.69, 9.17) is 4.74 Å². The number of ether oxygens (including phenoxy) is 1. The Morgan fingerprint density at radius 2 is 1.68 bits per heavy atom. The lowest BCUT2D eigenvalue weighted by Gasteiger charge is -2.47. The zero-order valence-electron chi connectivity index (χ0n) is 23.5. The third kappa shape index (κ3) is 5.30. The average Bonchev–Trinajstić information content (AvgIpc) is 3.20. The number of fused-ring (bicyclic) bond motifs is 1. The number of methoxy groups -OCH3 is 1. The fourth-order valence-corrected chi connectivity index (χ4v) is 5.41. The molecule has 0 bridgehead atoms. The third-order valence-corrected chi connectivity index (χ3v) is 7.56. The van der Waals surface area contributed by atoms with Crippen LogP contribution in [0, 0.1) is 17.5 Å². The largest absolute Gasteiger partial charge is 0.469 e. The van der Waals surface area contributed by atoms with Gasteiger partial charge in [0.1, 0.15) is 11.5 Å². The van der Waals surface area contributed by atoms with E-state index in [1.165, 1.54) is 13.3 Å². The van der Waals surface area contributed by atoms with Crippen LogP contribution in [0.25, 0.3) is 0 Å². The average molecular weight is 569 g/mol. The number of hydrogen-bond acceptors (Lipinski definition) is 8. The van der Waals surface area contributed by atoms with Gasteiger partial charge in [-0.3, -0.25) is 9.59 Å². The molecular weight excluding hydrogens is 537 g/mol. The Morgan fingerprint density at radius 3 is 2.29 bits per heavy atom. The van der Waals surface area contributed by atoms with Gasteiger partial charge in [0.2, 0.25) is 0 Å². The van der Waals surface area contributed by atoms with E-state index in [9.17, 15) is 22.8 Å². The van der Waals surface area contributed by atoms with E-state index in [0.29, 0.717) is 37.7 Å². The molecule has 0 saturated carbocycles. The number of piperazine rings is 1. The summed E-state index contributed by atoms with van der Waals surface area (Å²) in [5.74, 6) is -3.63. The predicted molar refractivity (Wildman–Crippen MR) is 146 cm³/mol. The molecular formula is C29H31F3N6O3. The lowest BCUT2D eigenvalue weighted by molar-refractivity contribution is -0.139. The number of pyridine rings is 1. The number of hydrogen-bond donors (Lipinski definition) is 0. The number of rotatable bonds is 5. The molecule has 216 valence electrons. The molecule has 0 radical (unpaired) electrons. The summed E-state index contributed by atoms with van der Waals surface area (Å²) in [7, 11) is 1.34. The molecule has 1 amide bonds. The van der Waals surface area contributed by atoms with Crippen LogP contribution in [0.2, 0.25) is 0 Å². The Bertz CT molecular complexity index is 1490. The molecule has 2 aromatic heterocycles. The van der Waals surface area contributed by atoms with Crippen molar-refractivity contribution in [3.63, 3.8) is 0 Å². The highest BCUT2D eigenvalue weighted by molar-refractivity contribution is 5.93. The molecule has 1 fully saturated rings. The van der Waals surface area contributed by atoms with Gasteiger partial charge in [-0.25, -0.2) is 28.1 Å². The quantitative estimate of drug-likeness (QED) is 0.335. The summed E-state index contributed by atoms with van der Waals surface area (Å²) >= 11 is 0. The predicted octanol–water partition coefficient (Wildman–Crippen LogP) is 4.17. The Morgan fingerprint density at radius 1 is 0.976 bits per heavy atom. The van der Waals surface area contributed by atoms with Gasteiger partial charge >= 0.3 is 5.97 Å². The number of carbonyl (C=O) groups excluding carboxylic acids is 2. The van der Waals surface area contributed by atoms with Crippen molar-refractivity contribution in [1.29, 1.82) is 0 Å². The molecule has 0 N–H and O–H groups in total. The van der Waals surface area contributed by atoms with Gasteiger partial charge in [0.05, 0.1) is 31.0 Å². The highest BCUT2D eigenvalue weighted by Crippen LogP contribution is 2.42. The van der Waals surface area contributed by atoms with Crippen LogP contribution in [0.3, 0.4) is 0 Å². The van der Waals surface area contributed by atoms with Gasteiger partial charge in [-0.05, 0) is 25.5 Å². The molecule has 5 rings (SSSR count). The van der Waals surface area contributed by atoms with Gasteiger partial charge < -0.3 is 19.4 Å². The Hall–Kier alpha value is -4.22. The lowest BCUT2D eigenvalue weighted by atomic mass is 9.92. The van der Waals surface area contributed by atoms with E-state index < -0.39 is 28.4 Å². The molecule has 3 aromatic rings. The summed E-state index contributed by atoms with van der Waals surface area (Å²) in [6.07, 6.45) is 3.16. The van der Waals surface area contributed by atoms with Gasteiger partial charge in [-0.1, -0.05) is 19.9 Å². The van der Waals surface area contributed by atoms with E-state index in [1.807, 2.05) is 39.8 Å². The standard InChI is InChI=1S/C29H31F3N6O3/c1-28(2)15-37(18-11-19(30)24(32)20(31)12-18)26-25(28)35-21(14-34-26)27(40)38-9-8-36(16-29(38,3)4)22-7-6-17(13-33-22)10-23(39)41-5/h6-7,11-14H,8-10,15-16H2,1-5H3. The molecule has 2 aliphatic rings. The summed E-state index contributed by atoms with van der Waals surface area (Å²) in [6.45, 7) is 9.49. The van der Waals surface area contributed by atoms with Crippen LogP contribution in [0.1, 0.15) is 49.4 Å². The summed E-state index contributed by atoms with van der Waals surface area (Å²) in [4.78, 5) is 44.3. The van der Waals surface area contributed by atoms with E-state index in [-0.39, 0.29) is 29.7 Å². The Balaban J connectivity index is 1.35. The van der Waals surface area contributed by atoms with Crippen LogP contribution in [0.5, 0.6) is 0 Å². The highest BCUT2D eigenvalue weighted by atomic mass is 19.2. The second-order valence-electron chi connectivity index (χ2n) is 11.6. The number of nitrogens with zero attached hydrogens (tertiary/aromatic N) is 6. The number of aromatic nitrogens is 3. The second kappa shape index (κ2) is 10.3. The zero-order chi connectivity index (χ0) is 29.7. The molecule has 0 unspecified atom stereocenters. The van der Waals surface area contributed by atoms with E-state index in [2.05, 4.69) is 19.9 Å². The number of esters is 1. The van der Waals surface area contributed by atoms with Gasteiger partial charge in [-0.2, -0.15) is 0 Å². The van der Waals surface area contributed by atoms with Crippen LogP contribution < -0.4 is 9.80 Å². The van der Waals surface area contributed by atoms with E-state index in [0.717, 1.165) is 23.5 Å². The fourth-order valence-electron chi connectivity index (χ4n) is 5.41. The van der Waals surface area contributed by atoms with Crippen LogP contribution >= 0.6 is 0 Å². The Labute approximate surface area is 236 Å². The minimum Gasteiger partial charge on any atom is -0.469 e. The van der Waals surface area contributed by atoms with Gasteiger partial charge in [0.15, 0.2) is 23.3 Å². The van der Waals surface area contributed by atoms with Crippen molar-refractivity contribution < 1.29 is 27.5 Å². The zero-order valence-corrected chi connectivity index (χ0v) is 23.5. The van der Waals surface area contributed by atoms with Crippen molar-refractivity contribution >= 4 is 29.2 Å². The number of amides is 1. The highest BCUT2D eigenvalue weighted by Gasteiger charge is 2.42. The first-order valence-electron chi connectivity index (χ1n) is 13.2. The molecule has 1 saturated heterocycles. The normalized spacial score (nSPS) is 17.4. The first-order chi connectivity index (χ1) is 19.3. The van der Waals surface area contributed by atoms with Crippen LogP contribution in [-0.2, 0) is 21.4 Å². The Kier molecular flexibility index (Phi) is 7.12. The summed E-state index contributed by atoms with van der Waals surface area (Å²) < 4.78 is 46.2. The van der Waals surface area contributed by atoms with Crippen molar-refractivity contribution in [3.8, 4) is 0 Å². The fraction of sp³-hybridized carbons (Fsp3) is 0.414. The SMILES string of the molecule is COC(=O)Cc1ccc(N2CCN(C(=O)c3cnc4c(n3)C(C)(C)CN4c3cc(F)c(F)c(F)c3)C(C)(C)C2)nc1. The molecule has 4 heterocycles. The number of halogens is 3. The molecule has 0 aliphatic carbocycles. The van der Waals surface area contributed by atoms with E-state index in [1.54, 1.807) is 16.0 Å². The molecule has 9 nitrogen and oxygen atoms in total. The van der Waals surface area contributed by atoms with Gasteiger partial charge in [-0.15, -0.1) is 0 Å². The molecule has 1 aromatic carbocycles. The monoisotopic (exact) mass is 568 g/mol. The number of benzene rings is 1. The van der Waals surface area contributed by atoms with Gasteiger partial charge in [0, 0.05) is 55.6 Å². The van der Waals surface area contributed by atoms with Crippen molar-refractivity contribution in [3.05, 3.63) is 71.1 Å².